The Balaban J connectivity index is 1.71. The first-order valence-electron chi connectivity index (χ1n) is 14.2. The number of nitrogens with zero attached hydrogens (tertiary/aromatic N) is 2. The third-order valence-electron chi connectivity index (χ3n) is 6.81. The molecule has 0 fully saturated rings. The second-order valence-electron chi connectivity index (χ2n) is 11.4. The summed E-state index contributed by atoms with van der Waals surface area (Å²) in [6.07, 6.45) is 5.64. The fourth-order valence-electron chi connectivity index (χ4n) is 4.59. The average molecular weight is 622 g/mol. The molecule has 4 aromatic rings. The van der Waals surface area contributed by atoms with Crippen molar-refractivity contribution in [2.24, 2.45) is 7.05 Å². The number of esters is 1. The van der Waals surface area contributed by atoms with Gasteiger partial charge >= 0.3 is 5.97 Å². The van der Waals surface area contributed by atoms with Crippen molar-refractivity contribution in [3.05, 3.63) is 108 Å². The van der Waals surface area contributed by atoms with Crippen LogP contribution in [0, 0.1) is 11.6 Å². The fourth-order valence-corrected chi connectivity index (χ4v) is 5.06. The second kappa shape index (κ2) is 14.5. The van der Waals surface area contributed by atoms with E-state index in [1.807, 2.05) is 24.1 Å². The predicted octanol–water partition coefficient (Wildman–Crippen LogP) is 6.92. The van der Waals surface area contributed by atoms with Crippen LogP contribution in [0.2, 0.25) is 0 Å². The van der Waals surface area contributed by atoms with Crippen molar-refractivity contribution in [2.75, 3.05) is 12.0 Å². The number of ether oxygens (including phenoxy) is 2. The lowest BCUT2D eigenvalue weighted by molar-refractivity contribution is -0.157. The monoisotopic (exact) mass is 621 g/mol. The van der Waals surface area contributed by atoms with E-state index in [4.69, 9.17) is 9.47 Å². The van der Waals surface area contributed by atoms with E-state index in [9.17, 15) is 18.4 Å². The number of thioether (sulfide) groups is 1. The molecule has 4 rings (SSSR count). The van der Waals surface area contributed by atoms with Gasteiger partial charge in [0.2, 0.25) is 0 Å². The van der Waals surface area contributed by atoms with Crippen molar-refractivity contribution in [3.8, 4) is 16.9 Å². The molecule has 0 radical (unpaired) electrons. The van der Waals surface area contributed by atoms with Gasteiger partial charge in [-0.05, 0) is 98.4 Å². The lowest BCUT2D eigenvalue weighted by atomic mass is 9.98. The van der Waals surface area contributed by atoms with E-state index in [-0.39, 0.29) is 11.4 Å². The van der Waals surface area contributed by atoms with Gasteiger partial charge in [-0.1, -0.05) is 24.3 Å². The molecule has 7 nitrogen and oxygen atoms in total. The number of benzene rings is 3. The standard InChI is InChI=1S/C34H37F2N3O4S/c1-34(2,3)43-33(41)29(16-19-44-5)38-32(40)28-20-26(14-15-27(28)22-6-10-24(35)11-7-22)42-30(21-31-37-17-18-39(31)4)23-8-12-25(36)13-9-23/h6-15,17-18,20,29-30H,16,19,21H2,1-5H3,(H,38,40)/t29-,30?/m0/s1. The van der Waals surface area contributed by atoms with Crippen LogP contribution in [0.3, 0.4) is 0 Å². The third kappa shape index (κ3) is 8.92. The van der Waals surface area contributed by atoms with Crippen molar-refractivity contribution in [2.45, 2.75) is 51.4 Å². The van der Waals surface area contributed by atoms with Gasteiger partial charge in [0.05, 0.1) is 5.56 Å². The molecule has 232 valence electrons. The summed E-state index contributed by atoms with van der Waals surface area (Å²) in [5.74, 6) is -0.0377. The highest BCUT2D eigenvalue weighted by Crippen LogP contribution is 2.32. The van der Waals surface area contributed by atoms with Crippen LogP contribution in [0.25, 0.3) is 11.1 Å². The fraction of sp³-hybridized carbons (Fsp3) is 0.324. The molecule has 3 aromatic carbocycles. The van der Waals surface area contributed by atoms with Crippen molar-refractivity contribution >= 4 is 23.6 Å². The first kappa shape index (κ1) is 32.7. The molecule has 0 saturated carbocycles. The molecule has 1 amide bonds. The van der Waals surface area contributed by atoms with Crippen LogP contribution < -0.4 is 10.1 Å². The van der Waals surface area contributed by atoms with E-state index in [0.717, 1.165) is 11.4 Å². The number of nitrogens with one attached hydrogen (secondary N) is 1. The molecule has 0 bridgehead atoms. The Morgan fingerprint density at radius 3 is 2.25 bits per heavy atom. The highest BCUT2D eigenvalue weighted by atomic mass is 32.2. The summed E-state index contributed by atoms with van der Waals surface area (Å²) in [7, 11) is 1.88. The van der Waals surface area contributed by atoms with E-state index in [0.29, 0.717) is 35.5 Å². The summed E-state index contributed by atoms with van der Waals surface area (Å²) < 4.78 is 41.4. The van der Waals surface area contributed by atoms with Crippen LogP contribution in [-0.2, 0) is 23.0 Å². The number of carbonyl (C=O) groups excluding carboxylic acids is 2. The van der Waals surface area contributed by atoms with Gasteiger partial charge in [-0.25, -0.2) is 18.6 Å². The molecule has 44 heavy (non-hydrogen) atoms. The van der Waals surface area contributed by atoms with Crippen LogP contribution in [0.4, 0.5) is 8.78 Å². The first-order valence-corrected chi connectivity index (χ1v) is 15.6. The molecule has 1 N–H and O–H groups in total. The minimum atomic E-state index is -0.879. The zero-order chi connectivity index (χ0) is 31.9. The molecule has 0 aliphatic rings. The molecule has 0 saturated heterocycles. The van der Waals surface area contributed by atoms with Crippen molar-refractivity contribution < 1.29 is 27.8 Å². The van der Waals surface area contributed by atoms with E-state index >= 15 is 0 Å². The maximum absolute atomic E-state index is 13.9. The largest absolute Gasteiger partial charge is 0.485 e. The van der Waals surface area contributed by atoms with Crippen LogP contribution in [0.15, 0.2) is 79.1 Å². The van der Waals surface area contributed by atoms with E-state index in [1.54, 1.807) is 81.2 Å². The lowest BCUT2D eigenvalue weighted by Crippen LogP contribution is -2.44. The van der Waals surface area contributed by atoms with Gasteiger partial charge in [0.25, 0.3) is 5.91 Å². The Kier molecular flexibility index (Phi) is 10.8. The minimum absolute atomic E-state index is 0.238. The lowest BCUT2D eigenvalue weighted by Gasteiger charge is -2.25. The van der Waals surface area contributed by atoms with Gasteiger partial charge in [-0.2, -0.15) is 11.8 Å². The number of carbonyl (C=O) groups is 2. The molecule has 0 aliphatic heterocycles. The summed E-state index contributed by atoms with van der Waals surface area (Å²) in [6.45, 7) is 5.32. The molecule has 1 heterocycles. The number of hydrogen-bond donors (Lipinski definition) is 1. The Morgan fingerprint density at radius 1 is 1.00 bits per heavy atom. The smallest absolute Gasteiger partial charge is 0.329 e. The molecule has 0 aliphatic carbocycles. The number of aromatic nitrogens is 2. The quantitative estimate of drug-likeness (QED) is 0.173. The van der Waals surface area contributed by atoms with Crippen LogP contribution >= 0.6 is 11.8 Å². The molecule has 10 heteroatoms. The van der Waals surface area contributed by atoms with Crippen molar-refractivity contribution in [3.63, 3.8) is 0 Å². The summed E-state index contributed by atoms with van der Waals surface area (Å²) in [6, 6.07) is 16.0. The minimum Gasteiger partial charge on any atom is -0.485 e. The molecule has 0 spiro atoms. The second-order valence-corrected chi connectivity index (χ2v) is 12.4. The molecule has 1 unspecified atom stereocenters. The molecular weight excluding hydrogens is 584 g/mol. The van der Waals surface area contributed by atoms with Crippen molar-refractivity contribution in [1.82, 2.24) is 14.9 Å². The van der Waals surface area contributed by atoms with Crippen LogP contribution in [0.5, 0.6) is 5.75 Å². The number of imidazole rings is 1. The molecule has 2 atom stereocenters. The zero-order valence-electron chi connectivity index (χ0n) is 25.5. The van der Waals surface area contributed by atoms with Crippen LogP contribution in [0.1, 0.15) is 55.0 Å². The summed E-state index contributed by atoms with van der Waals surface area (Å²) in [5, 5.41) is 2.86. The first-order chi connectivity index (χ1) is 20.9. The highest BCUT2D eigenvalue weighted by Gasteiger charge is 2.28. The highest BCUT2D eigenvalue weighted by molar-refractivity contribution is 7.98. The number of amides is 1. The summed E-state index contributed by atoms with van der Waals surface area (Å²) in [5.41, 5.74) is 1.38. The van der Waals surface area contributed by atoms with Crippen molar-refractivity contribution in [1.29, 1.82) is 0 Å². The van der Waals surface area contributed by atoms with Gasteiger partial charge in [-0.3, -0.25) is 4.79 Å². The van der Waals surface area contributed by atoms with E-state index in [2.05, 4.69) is 10.3 Å². The third-order valence-corrected chi connectivity index (χ3v) is 7.45. The van der Waals surface area contributed by atoms with Gasteiger partial charge in [-0.15, -0.1) is 0 Å². The SMILES string of the molecule is CSCC[C@H](NC(=O)c1cc(OC(Cc2nccn2C)c2ccc(F)cc2)ccc1-c1ccc(F)cc1)C(=O)OC(C)(C)C. The predicted molar refractivity (Wildman–Crippen MR) is 169 cm³/mol. The zero-order valence-corrected chi connectivity index (χ0v) is 26.3. The number of hydrogen-bond acceptors (Lipinski definition) is 6. The van der Waals surface area contributed by atoms with E-state index in [1.165, 1.54) is 24.3 Å². The van der Waals surface area contributed by atoms with Gasteiger partial charge in [0, 0.05) is 25.9 Å². The van der Waals surface area contributed by atoms with E-state index < -0.39 is 35.4 Å². The number of rotatable bonds is 12. The van der Waals surface area contributed by atoms with Gasteiger partial charge < -0.3 is 19.4 Å². The Morgan fingerprint density at radius 2 is 1.66 bits per heavy atom. The normalized spacial score (nSPS) is 12.8. The topological polar surface area (TPSA) is 82.5 Å². The Bertz CT molecular complexity index is 1570. The van der Waals surface area contributed by atoms with Gasteiger partial charge in [0.15, 0.2) is 0 Å². The maximum atomic E-state index is 13.9. The molecule has 1 aromatic heterocycles. The Labute approximate surface area is 261 Å². The number of aryl methyl sites for hydroxylation is 1. The summed E-state index contributed by atoms with van der Waals surface area (Å²) in [4.78, 5) is 31.3. The maximum Gasteiger partial charge on any atom is 0.329 e. The molecular formula is C34H37F2N3O4S. The summed E-state index contributed by atoms with van der Waals surface area (Å²) >= 11 is 1.56. The van der Waals surface area contributed by atoms with Gasteiger partial charge in [0.1, 0.15) is 41.0 Å². The van der Waals surface area contributed by atoms with Crippen LogP contribution in [-0.4, -0.2) is 45.1 Å². The Hall–Kier alpha value is -4.18. The average Bonchev–Trinajstić information content (AvgIpc) is 3.38. The number of halogens is 2.